The van der Waals surface area contributed by atoms with Gasteiger partial charge in [0.15, 0.2) is 0 Å². The molecule has 3 aromatic rings. The van der Waals surface area contributed by atoms with Gasteiger partial charge in [0.1, 0.15) is 0 Å². The summed E-state index contributed by atoms with van der Waals surface area (Å²) in [6.45, 7) is 3.70. The van der Waals surface area contributed by atoms with Crippen LogP contribution in [-0.2, 0) is 27.4 Å². The second-order valence-electron chi connectivity index (χ2n) is 9.50. The van der Waals surface area contributed by atoms with Gasteiger partial charge in [-0.1, -0.05) is 61.2 Å². The highest BCUT2D eigenvalue weighted by atomic mass is 32.2. The third-order valence-electron chi connectivity index (χ3n) is 6.75. The quantitative estimate of drug-likeness (QED) is 0.332. The van der Waals surface area contributed by atoms with Crippen LogP contribution in [-0.4, -0.2) is 26.0 Å². The van der Waals surface area contributed by atoms with Crippen molar-refractivity contribution in [2.45, 2.75) is 48.8 Å². The maximum atomic E-state index is 13.2. The lowest BCUT2D eigenvalue weighted by Crippen LogP contribution is -2.36. The van der Waals surface area contributed by atoms with Gasteiger partial charge in [-0.3, -0.25) is 4.79 Å². The number of halogens is 3. The predicted octanol–water partition coefficient (Wildman–Crippen LogP) is 5.31. The van der Waals surface area contributed by atoms with Gasteiger partial charge in [-0.05, 0) is 65.3 Å². The Morgan fingerprint density at radius 1 is 1.05 bits per heavy atom. The normalized spacial score (nSPS) is 16.3. The highest BCUT2D eigenvalue weighted by molar-refractivity contribution is 7.89. The van der Waals surface area contributed by atoms with E-state index in [4.69, 9.17) is 0 Å². The van der Waals surface area contributed by atoms with Crippen LogP contribution in [0.5, 0.6) is 0 Å². The maximum Gasteiger partial charge on any atom is 0.416 e. The van der Waals surface area contributed by atoms with E-state index in [9.17, 15) is 31.5 Å². The van der Waals surface area contributed by atoms with Crippen LogP contribution in [0.4, 0.5) is 13.2 Å². The molecule has 0 aliphatic heterocycles. The molecule has 0 saturated heterocycles. The monoisotopic (exact) mass is 558 g/mol. The number of hydrogen-bond acceptors (Lipinski definition) is 4. The molecule has 1 unspecified atom stereocenters. The molecule has 2 atom stereocenters. The molecule has 6 nitrogen and oxygen atoms in total. The molecule has 1 aliphatic carbocycles. The minimum atomic E-state index is -4.70. The van der Waals surface area contributed by atoms with Crippen molar-refractivity contribution in [3.63, 3.8) is 0 Å². The van der Waals surface area contributed by atoms with Gasteiger partial charge in [0.2, 0.25) is 15.9 Å². The molecule has 0 spiro atoms. The number of aliphatic hydroxyl groups excluding tert-OH is 1. The summed E-state index contributed by atoms with van der Waals surface area (Å²) in [5.41, 5.74) is 2.84. The Hall–Kier alpha value is -3.47. The van der Waals surface area contributed by atoms with Gasteiger partial charge >= 0.3 is 6.18 Å². The number of rotatable bonds is 9. The van der Waals surface area contributed by atoms with Crippen LogP contribution in [0.3, 0.4) is 0 Å². The molecule has 4 rings (SSSR count). The Balaban J connectivity index is 1.55. The molecule has 0 saturated carbocycles. The molecule has 39 heavy (non-hydrogen) atoms. The molecular weight excluding hydrogens is 529 g/mol. The fourth-order valence-corrected chi connectivity index (χ4v) is 5.99. The molecule has 3 N–H and O–H groups in total. The summed E-state index contributed by atoms with van der Waals surface area (Å²) in [6.07, 6.45) is -2.61. The van der Waals surface area contributed by atoms with Crippen molar-refractivity contribution in [1.29, 1.82) is 0 Å². The van der Waals surface area contributed by atoms with Crippen molar-refractivity contribution in [3.05, 3.63) is 107 Å². The van der Waals surface area contributed by atoms with Gasteiger partial charge in [-0.25, -0.2) is 13.1 Å². The second kappa shape index (κ2) is 11.7. The van der Waals surface area contributed by atoms with E-state index in [0.717, 1.165) is 47.7 Å². The predicted molar refractivity (Wildman–Crippen MR) is 142 cm³/mol. The van der Waals surface area contributed by atoms with Crippen molar-refractivity contribution >= 4 is 21.5 Å². The Morgan fingerprint density at radius 2 is 1.79 bits per heavy atom. The zero-order valence-corrected chi connectivity index (χ0v) is 21.9. The van der Waals surface area contributed by atoms with Crippen LogP contribution in [0, 0.1) is 0 Å². The number of amides is 1. The highest BCUT2D eigenvalue weighted by Gasteiger charge is 2.32. The summed E-state index contributed by atoms with van der Waals surface area (Å²) < 4.78 is 68.2. The van der Waals surface area contributed by atoms with Crippen molar-refractivity contribution in [2.75, 3.05) is 6.61 Å². The molecule has 206 valence electrons. The van der Waals surface area contributed by atoms with E-state index in [1.165, 1.54) is 0 Å². The Morgan fingerprint density at radius 3 is 2.49 bits per heavy atom. The lowest BCUT2D eigenvalue weighted by molar-refractivity contribution is -0.137. The smallest absolute Gasteiger partial charge is 0.392 e. The van der Waals surface area contributed by atoms with E-state index in [2.05, 4.69) is 16.6 Å². The topological polar surface area (TPSA) is 95.5 Å². The molecule has 1 aliphatic rings. The second-order valence-corrected chi connectivity index (χ2v) is 11.2. The summed E-state index contributed by atoms with van der Waals surface area (Å²) in [4.78, 5) is 12.7. The number of aryl methyl sites for hydroxylation is 1. The third kappa shape index (κ3) is 6.95. The molecule has 0 heterocycles. The molecular formula is C29H29F3N2O4S. The molecule has 10 heteroatoms. The highest BCUT2D eigenvalue weighted by Crippen LogP contribution is 2.33. The first-order valence-corrected chi connectivity index (χ1v) is 13.9. The molecule has 0 radical (unpaired) electrons. The Kier molecular flexibility index (Phi) is 8.58. The zero-order chi connectivity index (χ0) is 28.2. The fourth-order valence-electron chi connectivity index (χ4n) is 4.72. The molecule has 3 aromatic carbocycles. The number of carbonyl (C=O) groups excluding carboxylic acids is 1. The summed E-state index contributed by atoms with van der Waals surface area (Å²) in [6, 6.07) is 16.3. The minimum absolute atomic E-state index is 0.157. The average molecular weight is 559 g/mol. The van der Waals surface area contributed by atoms with Gasteiger partial charge < -0.3 is 10.4 Å². The third-order valence-corrected chi connectivity index (χ3v) is 8.22. The van der Waals surface area contributed by atoms with Crippen molar-refractivity contribution in [1.82, 2.24) is 10.0 Å². The lowest BCUT2D eigenvalue weighted by Gasteiger charge is -2.28. The van der Waals surface area contributed by atoms with E-state index in [0.29, 0.717) is 23.6 Å². The average Bonchev–Trinajstić information content (AvgIpc) is 2.92. The first-order valence-electron chi connectivity index (χ1n) is 12.4. The largest absolute Gasteiger partial charge is 0.416 e. The minimum Gasteiger partial charge on any atom is -0.392 e. The van der Waals surface area contributed by atoms with Gasteiger partial charge in [0, 0.05) is 6.42 Å². The molecule has 0 aromatic heterocycles. The fraction of sp³-hybridized carbons (Fsp3) is 0.276. The number of fused-ring (bicyclic) bond motifs is 1. The number of alkyl halides is 3. The van der Waals surface area contributed by atoms with E-state index in [-0.39, 0.29) is 19.1 Å². The number of carbonyl (C=O) groups is 1. The van der Waals surface area contributed by atoms with Crippen molar-refractivity contribution < 1.29 is 31.5 Å². The summed E-state index contributed by atoms with van der Waals surface area (Å²) >= 11 is 0. The number of hydrogen-bond donors (Lipinski definition) is 3. The summed E-state index contributed by atoms with van der Waals surface area (Å²) in [5.74, 6) is -0.405. The number of benzene rings is 3. The van der Waals surface area contributed by atoms with E-state index >= 15 is 0 Å². The first-order chi connectivity index (χ1) is 18.5. The van der Waals surface area contributed by atoms with Crippen LogP contribution in [0.1, 0.15) is 59.2 Å². The van der Waals surface area contributed by atoms with Crippen molar-refractivity contribution in [3.8, 4) is 0 Å². The van der Waals surface area contributed by atoms with Gasteiger partial charge in [0.05, 0.1) is 29.1 Å². The van der Waals surface area contributed by atoms with Crippen LogP contribution >= 0.6 is 0 Å². The maximum absolute atomic E-state index is 13.2. The van der Waals surface area contributed by atoms with Crippen LogP contribution in [0.15, 0.2) is 84.3 Å². The van der Waals surface area contributed by atoms with E-state index < -0.39 is 38.6 Å². The van der Waals surface area contributed by atoms with Crippen LogP contribution < -0.4 is 10.0 Å². The number of nitrogens with one attached hydrogen (secondary N) is 2. The molecule has 0 bridgehead atoms. The zero-order valence-electron chi connectivity index (χ0n) is 21.0. The van der Waals surface area contributed by atoms with Crippen LogP contribution in [0.25, 0.3) is 5.57 Å². The van der Waals surface area contributed by atoms with Crippen LogP contribution in [0.2, 0.25) is 0 Å². The van der Waals surface area contributed by atoms with Gasteiger partial charge in [-0.15, -0.1) is 0 Å². The Bertz CT molecular complexity index is 1460. The summed E-state index contributed by atoms with van der Waals surface area (Å²) in [7, 11) is -4.39. The Labute approximate surface area is 225 Å². The molecule has 1 amide bonds. The number of aliphatic hydroxyl groups is 1. The first kappa shape index (κ1) is 28.5. The number of sulfonamides is 1. The van der Waals surface area contributed by atoms with Gasteiger partial charge in [-0.2, -0.15) is 13.2 Å². The SMILES string of the molecule is C=C(CO)c1ccc2c(c1)CCCC2NC(=O)C[C@@H](NS(=O)(=O)c1cccc(C(F)(F)F)c1)c1ccccc1. The standard InChI is InChI=1S/C29H29F3N2O4S/c1-19(18-35)21-13-14-25-22(15-21)9-5-12-26(25)33-28(36)17-27(20-7-3-2-4-8-20)34-39(37,38)24-11-6-10-23(16-24)29(30,31)32/h2-4,6-8,10-11,13-16,26-27,34-35H,1,5,9,12,17-18H2,(H,33,36)/t26?,27-/m1/s1. The molecule has 0 fully saturated rings. The van der Waals surface area contributed by atoms with Crippen molar-refractivity contribution in [2.24, 2.45) is 0 Å². The lowest BCUT2D eigenvalue weighted by atomic mass is 9.85. The van der Waals surface area contributed by atoms with E-state index in [1.807, 2.05) is 18.2 Å². The summed E-state index contributed by atoms with van der Waals surface area (Å²) in [5, 5.41) is 12.4. The van der Waals surface area contributed by atoms with E-state index in [1.54, 1.807) is 30.3 Å². The van der Waals surface area contributed by atoms with Gasteiger partial charge in [0.25, 0.3) is 0 Å².